The molecule has 0 aliphatic heterocycles. The summed E-state index contributed by atoms with van der Waals surface area (Å²) in [5.41, 5.74) is 20.2. The van der Waals surface area contributed by atoms with E-state index in [9.17, 15) is 0 Å². The minimum Gasteiger partial charge on any atom is -0.127 e. The standard InChI is InChI=1S/C16H6Cl2Si3/c1-5-19-13-9-10-15-21(17,18)16-12-11-14-20(6-2,7-3)8-4/h1-4H,19H2. The quantitative estimate of drug-likeness (QED) is 0.332. The summed E-state index contributed by atoms with van der Waals surface area (Å²) in [6.45, 7) is -3.05. The predicted octanol–water partition coefficient (Wildman–Crippen LogP) is 0.220. The molecule has 0 spiro atoms. The van der Waals surface area contributed by atoms with Gasteiger partial charge in [0.15, 0.2) is 9.52 Å². The molecule has 0 nitrogen and oxygen atoms in total. The van der Waals surface area contributed by atoms with Crippen molar-refractivity contribution in [2.24, 2.45) is 0 Å². The smallest absolute Gasteiger partial charge is 0.127 e. The van der Waals surface area contributed by atoms with Crippen molar-refractivity contribution in [3.63, 3.8) is 0 Å². The zero-order valence-electron chi connectivity index (χ0n) is 10.8. The SMILES string of the molecule is C#C[SiH2]C#CC#C[Si](Cl)(Cl)C#CC#C[Si](C#C)(C#C)C#C. The third kappa shape index (κ3) is 7.78. The van der Waals surface area contributed by atoms with Crippen LogP contribution < -0.4 is 0 Å². The van der Waals surface area contributed by atoms with Gasteiger partial charge in [0.1, 0.15) is 0 Å². The second kappa shape index (κ2) is 9.59. The third-order valence-corrected chi connectivity index (χ3v) is 6.11. The van der Waals surface area contributed by atoms with E-state index < -0.39 is 24.3 Å². The number of hydrogen-bond acceptors (Lipinski definition) is 0. The van der Waals surface area contributed by atoms with Crippen molar-refractivity contribution >= 4 is 46.4 Å². The van der Waals surface area contributed by atoms with Crippen LogP contribution in [0.25, 0.3) is 0 Å². The van der Waals surface area contributed by atoms with E-state index in [1.54, 1.807) is 0 Å². The van der Waals surface area contributed by atoms with E-state index in [1.165, 1.54) is 0 Å². The number of terminal acetylenes is 4. The third-order valence-electron chi connectivity index (χ3n) is 1.74. The van der Waals surface area contributed by atoms with Crippen molar-refractivity contribution in [1.29, 1.82) is 0 Å². The molecule has 0 rings (SSSR count). The minimum atomic E-state index is -3.05. The van der Waals surface area contributed by atoms with Gasteiger partial charge in [0.2, 0.25) is 0 Å². The van der Waals surface area contributed by atoms with Gasteiger partial charge in [0.05, 0.1) is 0 Å². The maximum absolute atomic E-state index is 5.98. The highest BCUT2D eigenvalue weighted by Crippen LogP contribution is 2.10. The van der Waals surface area contributed by atoms with Gasteiger partial charge in [-0.15, -0.1) is 58.9 Å². The van der Waals surface area contributed by atoms with Gasteiger partial charge in [-0.3, -0.25) is 0 Å². The second-order valence-electron chi connectivity index (χ2n) is 3.19. The van der Waals surface area contributed by atoms with Gasteiger partial charge in [0, 0.05) is 0 Å². The first-order chi connectivity index (χ1) is 9.95. The summed E-state index contributed by atoms with van der Waals surface area (Å²) >= 11 is 12.0. The number of halogens is 2. The van der Waals surface area contributed by atoms with Crippen molar-refractivity contribution in [2.75, 3.05) is 0 Å². The first kappa shape index (κ1) is 18.7. The fourth-order valence-electron chi connectivity index (χ4n) is 0.748. The van der Waals surface area contributed by atoms with Crippen molar-refractivity contribution in [3.8, 4) is 93.7 Å². The zero-order valence-corrected chi connectivity index (χ0v) is 15.7. The van der Waals surface area contributed by atoms with Gasteiger partial charge >= 0.3 is 14.8 Å². The monoisotopic (exact) mass is 352 g/mol. The summed E-state index contributed by atoms with van der Waals surface area (Å²) in [5.74, 6) is 10.1. The second-order valence-corrected chi connectivity index (χ2v) is 12.6. The molecule has 0 fully saturated rings. The van der Waals surface area contributed by atoms with Crippen LogP contribution in [0, 0.1) is 93.7 Å². The molecule has 0 aliphatic rings. The molecule has 0 aromatic heterocycles. The highest BCUT2D eigenvalue weighted by atomic mass is 35.7. The Kier molecular flexibility index (Phi) is 8.54. The summed E-state index contributed by atoms with van der Waals surface area (Å²) in [6, 6.07) is 0. The Morgan fingerprint density at radius 1 is 0.714 bits per heavy atom. The van der Waals surface area contributed by atoms with Gasteiger partial charge in [-0.05, 0) is 23.7 Å². The fraction of sp³-hybridized carbons (Fsp3) is 0. The van der Waals surface area contributed by atoms with Crippen molar-refractivity contribution in [1.82, 2.24) is 0 Å². The molecule has 0 aliphatic carbocycles. The minimum absolute atomic E-state index is 0.803. The van der Waals surface area contributed by atoms with Crippen LogP contribution in [-0.2, 0) is 0 Å². The molecule has 0 amide bonds. The van der Waals surface area contributed by atoms with E-state index in [2.05, 4.69) is 68.0 Å². The number of hydrogen-bond donors (Lipinski definition) is 0. The molecular formula is C16H6Cl2Si3. The van der Waals surface area contributed by atoms with Gasteiger partial charge in [-0.2, -0.15) is 0 Å². The summed E-state index contributed by atoms with van der Waals surface area (Å²) in [4.78, 5) is 0. The van der Waals surface area contributed by atoms with Gasteiger partial charge in [0.25, 0.3) is 0 Å². The average molecular weight is 353 g/mol. The Labute approximate surface area is 140 Å². The molecule has 21 heavy (non-hydrogen) atoms. The van der Waals surface area contributed by atoms with E-state index in [0.717, 1.165) is 0 Å². The van der Waals surface area contributed by atoms with Crippen LogP contribution in [0.1, 0.15) is 0 Å². The molecule has 0 saturated carbocycles. The fourth-order valence-corrected chi connectivity index (χ4v) is 2.81. The van der Waals surface area contributed by atoms with E-state index in [0.29, 0.717) is 0 Å². The van der Waals surface area contributed by atoms with Gasteiger partial charge < -0.3 is 0 Å². The lowest BCUT2D eigenvalue weighted by atomic mass is 10.7. The first-order valence-electron chi connectivity index (χ1n) is 5.24. The Hall–Kier alpha value is -2.29. The molecule has 96 valence electrons. The van der Waals surface area contributed by atoms with Crippen molar-refractivity contribution in [3.05, 3.63) is 0 Å². The molecule has 5 heteroatoms. The Bertz CT molecular complexity index is 788. The van der Waals surface area contributed by atoms with E-state index in [-0.39, 0.29) is 0 Å². The molecular weight excluding hydrogens is 347 g/mol. The van der Waals surface area contributed by atoms with Crippen LogP contribution >= 0.6 is 22.2 Å². The molecule has 0 unspecified atom stereocenters. The highest BCUT2D eigenvalue weighted by Gasteiger charge is 2.24. The van der Waals surface area contributed by atoms with Crippen LogP contribution in [0.3, 0.4) is 0 Å². The maximum Gasteiger partial charge on any atom is 0.406 e. The van der Waals surface area contributed by atoms with E-state index in [1.807, 2.05) is 0 Å². The van der Waals surface area contributed by atoms with E-state index in [4.69, 9.17) is 47.9 Å². The van der Waals surface area contributed by atoms with Crippen LogP contribution in [-0.4, -0.2) is 24.3 Å². The molecule has 0 bridgehead atoms. The molecule has 0 heterocycles. The Balaban J connectivity index is 5.11. The van der Waals surface area contributed by atoms with Crippen LogP contribution in [0.15, 0.2) is 0 Å². The topological polar surface area (TPSA) is 0 Å². The summed E-state index contributed by atoms with van der Waals surface area (Å²) < 4.78 is 0. The lowest BCUT2D eigenvalue weighted by Crippen LogP contribution is -2.27. The molecule has 0 saturated heterocycles. The summed E-state index contributed by atoms with van der Waals surface area (Å²) in [7, 11) is -3.68. The maximum atomic E-state index is 5.98. The van der Waals surface area contributed by atoms with Crippen LogP contribution in [0.5, 0.6) is 0 Å². The highest BCUT2D eigenvalue weighted by molar-refractivity contribution is 7.52. The molecule has 0 N–H and O–H groups in total. The molecule has 0 atom stereocenters. The summed E-state index contributed by atoms with van der Waals surface area (Å²) in [5, 5.41) is 0. The molecule has 0 radical (unpaired) electrons. The zero-order chi connectivity index (χ0) is 16.2. The molecule has 0 aromatic carbocycles. The van der Waals surface area contributed by atoms with Gasteiger partial charge in [-0.1, -0.05) is 33.3 Å². The van der Waals surface area contributed by atoms with Gasteiger partial charge in [-0.25, -0.2) is 0 Å². The van der Waals surface area contributed by atoms with E-state index >= 15 is 0 Å². The lowest BCUT2D eigenvalue weighted by molar-refractivity contribution is 2.39. The largest absolute Gasteiger partial charge is 0.406 e. The first-order valence-corrected chi connectivity index (χ1v) is 12.7. The lowest BCUT2D eigenvalue weighted by Gasteiger charge is -1.99. The predicted molar refractivity (Wildman–Crippen MR) is 98.2 cm³/mol. The Morgan fingerprint density at radius 2 is 1.19 bits per heavy atom. The number of rotatable bonds is 0. The Morgan fingerprint density at radius 3 is 1.67 bits per heavy atom. The van der Waals surface area contributed by atoms with Crippen LogP contribution in [0.4, 0.5) is 0 Å². The molecule has 0 aromatic rings. The average Bonchev–Trinajstić information content (AvgIpc) is 2.48. The van der Waals surface area contributed by atoms with Crippen molar-refractivity contribution < 1.29 is 0 Å². The normalized spacial score (nSPS) is 8.48. The van der Waals surface area contributed by atoms with Crippen LogP contribution in [0.2, 0.25) is 0 Å². The summed E-state index contributed by atoms with van der Waals surface area (Å²) in [6.07, 6.45) is 20.9. The van der Waals surface area contributed by atoms with Crippen molar-refractivity contribution in [2.45, 2.75) is 0 Å².